The van der Waals surface area contributed by atoms with Gasteiger partial charge in [-0.1, -0.05) is 12.1 Å². The van der Waals surface area contributed by atoms with Crippen LogP contribution >= 0.6 is 0 Å². The van der Waals surface area contributed by atoms with Crippen molar-refractivity contribution < 1.29 is 24.7 Å². The molecule has 0 radical (unpaired) electrons. The molecule has 2 aromatic carbocycles. The number of rotatable bonds is 5. The highest BCUT2D eigenvalue weighted by Gasteiger charge is 2.17. The first kappa shape index (κ1) is 15.0. The first-order valence-corrected chi connectivity index (χ1v) is 6.01. The average molecular weight is 302 g/mol. The van der Waals surface area contributed by atoms with Crippen LogP contribution in [0.5, 0.6) is 0 Å². The molecule has 0 saturated carbocycles. The quantitative estimate of drug-likeness (QED) is 0.571. The van der Waals surface area contributed by atoms with Crippen LogP contribution in [0.25, 0.3) is 0 Å². The van der Waals surface area contributed by atoms with Crippen LogP contribution in [-0.2, 0) is 0 Å². The van der Waals surface area contributed by atoms with Gasteiger partial charge in [0.25, 0.3) is 5.69 Å². The summed E-state index contributed by atoms with van der Waals surface area (Å²) < 4.78 is 0. The topological polar surface area (TPSA) is 130 Å². The number of nitrogens with one attached hydrogen (secondary N) is 1. The van der Waals surface area contributed by atoms with E-state index in [0.717, 1.165) is 18.2 Å². The van der Waals surface area contributed by atoms with E-state index < -0.39 is 16.9 Å². The highest BCUT2D eigenvalue weighted by molar-refractivity contribution is 5.99. The third kappa shape index (κ3) is 3.01. The molecule has 0 saturated heterocycles. The van der Waals surface area contributed by atoms with Crippen LogP contribution in [0.4, 0.5) is 17.1 Å². The molecule has 2 rings (SSSR count). The molecule has 112 valence electrons. The first-order valence-electron chi connectivity index (χ1n) is 6.01. The van der Waals surface area contributed by atoms with E-state index in [0.29, 0.717) is 0 Å². The molecule has 2 aromatic rings. The van der Waals surface area contributed by atoms with Crippen molar-refractivity contribution in [2.75, 3.05) is 5.32 Å². The van der Waals surface area contributed by atoms with Crippen LogP contribution in [0.3, 0.4) is 0 Å². The number of nitro groups is 1. The Morgan fingerprint density at radius 1 is 0.955 bits per heavy atom. The Balaban J connectivity index is 2.52. The van der Waals surface area contributed by atoms with Crippen LogP contribution < -0.4 is 5.32 Å². The number of nitro benzene ring substituents is 1. The van der Waals surface area contributed by atoms with Crippen molar-refractivity contribution >= 4 is 29.0 Å². The lowest BCUT2D eigenvalue weighted by Gasteiger charge is -2.11. The van der Waals surface area contributed by atoms with Crippen molar-refractivity contribution in [1.29, 1.82) is 0 Å². The number of aromatic carboxylic acids is 2. The van der Waals surface area contributed by atoms with Gasteiger partial charge in [0.05, 0.1) is 27.4 Å². The van der Waals surface area contributed by atoms with Crippen molar-refractivity contribution in [2.45, 2.75) is 0 Å². The summed E-state index contributed by atoms with van der Waals surface area (Å²) in [5.41, 5.74) is -0.509. The Bertz CT molecular complexity index is 772. The molecule has 0 fully saturated rings. The molecule has 0 bridgehead atoms. The van der Waals surface area contributed by atoms with E-state index in [1.165, 1.54) is 18.2 Å². The largest absolute Gasteiger partial charge is 0.478 e. The van der Waals surface area contributed by atoms with E-state index in [9.17, 15) is 19.7 Å². The smallest absolute Gasteiger partial charge is 0.337 e. The van der Waals surface area contributed by atoms with Crippen molar-refractivity contribution in [3.63, 3.8) is 0 Å². The molecule has 0 atom stereocenters. The zero-order valence-electron chi connectivity index (χ0n) is 11.0. The second kappa shape index (κ2) is 5.92. The number of anilines is 2. The number of non-ortho nitro benzene ring substituents is 1. The molecule has 8 heteroatoms. The molecule has 0 aliphatic rings. The van der Waals surface area contributed by atoms with Crippen LogP contribution in [0.1, 0.15) is 20.7 Å². The zero-order valence-corrected chi connectivity index (χ0v) is 11.0. The Morgan fingerprint density at radius 2 is 1.55 bits per heavy atom. The molecule has 8 nitrogen and oxygen atoms in total. The van der Waals surface area contributed by atoms with Crippen LogP contribution in [0.2, 0.25) is 0 Å². The van der Waals surface area contributed by atoms with Gasteiger partial charge in [0, 0.05) is 12.1 Å². The van der Waals surface area contributed by atoms with E-state index in [1.807, 2.05) is 0 Å². The van der Waals surface area contributed by atoms with Gasteiger partial charge in [-0.05, 0) is 18.2 Å². The summed E-state index contributed by atoms with van der Waals surface area (Å²) in [4.78, 5) is 32.5. The minimum Gasteiger partial charge on any atom is -0.478 e. The fraction of sp³-hybridized carbons (Fsp3) is 0. The first-order chi connectivity index (χ1) is 10.4. The van der Waals surface area contributed by atoms with Gasteiger partial charge in [0.1, 0.15) is 0 Å². The lowest BCUT2D eigenvalue weighted by Crippen LogP contribution is -2.07. The van der Waals surface area contributed by atoms with E-state index >= 15 is 0 Å². The summed E-state index contributed by atoms with van der Waals surface area (Å²) in [6.45, 7) is 0. The normalized spacial score (nSPS) is 10.0. The van der Waals surface area contributed by atoms with Gasteiger partial charge in [-0.15, -0.1) is 0 Å². The minimum atomic E-state index is -1.29. The maximum absolute atomic E-state index is 11.2. The molecule has 0 spiro atoms. The van der Waals surface area contributed by atoms with E-state index in [4.69, 9.17) is 10.2 Å². The number of carboxylic acids is 2. The lowest BCUT2D eigenvalue weighted by atomic mass is 10.1. The maximum Gasteiger partial charge on any atom is 0.337 e. The zero-order chi connectivity index (χ0) is 16.3. The third-order valence-electron chi connectivity index (χ3n) is 2.87. The second-order valence-corrected chi connectivity index (χ2v) is 4.27. The van der Waals surface area contributed by atoms with Crippen molar-refractivity contribution in [3.05, 3.63) is 63.7 Å². The predicted octanol–water partition coefficient (Wildman–Crippen LogP) is 2.73. The lowest BCUT2D eigenvalue weighted by molar-refractivity contribution is -0.384. The molecular weight excluding hydrogens is 292 g/mol. The van der Waals surface area contributed by atoms with Crippen molar-refractivity contribution in [2.24, 2.45) is 0 Å². The van der Waals surface area contributed by atoms with Crippen LogP contribution in [0, 0.1) is 10.1 Å². The molecule has 0 unspecified atom stereocenters. The maximum atomic E-state index is 11.2. The molecular formula is C14H10N2O6. The number of carboxylic acid groups (broad SMARTS) is 2. The average Bonchev–Trinajstić information content (AvgIpc) is 2.47. The predicted molar refractivity (Wildman–Crippen MR) is 76.7 cm³/mol. The van der Waals surface area contributed by atoms with Gasteiger partial charge < -0.3 is 15.5 Å². The third-order valence-corrected chi connectivity index (χ3v) is 2.87. The molecule has 3 N–H and O–H groups in total. The SMILES string of the molecule is O=C(O)c1ccccc1Nc1cc([N+](=O)[O-])ccc1C(=O)O. The molecule has 22 heavy (non-hydrogen) atoms. The number of hydrogen-bond donors (Lipinski definition) is 3. The summed E-state index contributed by atoms with van der Waals surface area (Å²) in [6.07, 6.45) is 0. The molecule has 0 heterocycles. The van der Waals surface area contributed by atoms with Gasteiger partial charge in [-0.3, -0.25) is 10.1 Å². The Morgan fingerprint density at radius 3 is 2.14 bits per heavy atom. The molecule has 0 amide bonds. The van der Waals surface area contributed by atoms with E-state index in [2.05, 4.69) is 5.32 Å². The van der Waals surface area contributed by atoms with E-state index in [1.54, 1.807) is 6.07 Å². The molecule has 0 aliphatic carbocycles. The van der Waals surface area contributed by atoms with E-state index in [-0.39, 0.29) is 28.2 Å². The standard InChI is InChI=1S/C14H10N2O6/c17-13(18)9-3-1-2-4-11(9)15-12-7-8(16(21)22)5-6-10(12)14(19)20/h1-7,15H,(H,17,18)(H,19,20). The minimum absolute atomic E-state index is 0.0598. The summed E-state index contributed by atoms with van der Waals surface area (Å²) in [6, 6.07) is 9.05. The number of carbonyl (C=O) groups is 2. The summed E-state index contributed by atoms with van der Waals surface area (Å²) in [7, 11) is 0. The van der Waals surface area contributed by atoms with Crippen LogP contribution in [0.15, 0.2) is 42.5 Å². The van der Waals surface area contributed by atoms with Crippen molar-refractivity contribution in [3.8, 4) is 0 Å². The number of para-hydroxylation sites is 1. The number of hydrogen-bond acceptors (Lipinski definition) is 5. The van der Waals surface area contributed by atoms with Gasteiger partial charge in [0.15, 0.2) is 0 Å². The van der Waals surface area contributed by atoms with Crippen molar-refractivity contribution in [1.82, 2.24) is 0 Å². The van der Waals surface area contributed by atoms with Gasteiger partial charge >= 0.3 is 11.9 Å². The van der Waals surface area contributed by atoms with Crippen LogP contribution in [-0.4, -0.2) is 27.1 Å². The second-order valence-electron chi connectivity index (χ2n) is 4.27. The number of benzene rings is 2. The summed E-state index contributed by atoms with van der Waals surface area (Å²) in [5.74, 6) is -2.49. The Labute approximate surface area is 123 Å². The van der Waals surface area contributed by atoms with Gasteiger partial charge in [-0.25, -0.2) is 9.59 Å². The molecule has 0 aromatic heterocycles. The van der Waals surface area contributed by atoms with Gasteiger partial charge in [0.2, 0.25) is 0 Å². The fourth-order valence-corrected chi connectivity index (χ4v) is 1.86. The number of nitrogens with zero attached hydrogens (tertiary/aromatic N) is 1. The highest BCUT2D eigenvalue weighted by atomic mass is 16.6. The Kier molecular flexibility index (Phi) is 4.03. The molecule has 0 aliphatic heterocycles. The summed E-state index contributed by atoms with van der Waals surface area (Å²) >= 11 is 0. The fourth-order valence-electron chi connectivity index (χ4n) is 1.86. The monoisotopic (exact) mass is 302 g/mol. The highest BCUT2D eigenvalue weighted by Crippen LogP contribution is 2.27. The summed E-state index contributed by atoms with van der Waals surface area (Å²) in [5, 5.41) is 31.7. The van der Waals surface area contributed by atoms with Gasteiger partial charge in [-0.2, -0.15) is 0 Å². The Hall–Kier alpha value is -3.42.